The number of furan rings is 1. The minimum atomic E-state index is -0.284. The minimum Gasteiger partial charge on any atom is -0.459 e. The molecule has 0 aliphatic heterocycles. The van der Waals surface area contributed by atoms with E-state index in [1.54, 1.807) is 12.1 Å². The predicted octanol–water partition coefficient (Wildman–Crippen LogP) is 2.80. The number of anilines is 1. The third-order valence-electron chi connectivity index (χ3n) is 3.87. The molecule has 1 aliphatic carbocycles. The molecule has 1 heterocycles. The van der Waals surface area contributed by atoms with Crippen molar-refractivity contribution >= 4 is 17.5 Å². The second-order valence-electron chi connectivity index (χ2n) is 5.67. The summed E-state index contributed by atoms with van der Waals surface area (Å²) >= 11 is 0. The van der Waals surface area contributed by atoms with Crippen molar-refractivity contribution in [1.82, 2.24) is 5.32 Å². The van der Waals surface area contributed by atoms with Crippen molar-refractivity contribution in [2.45, 2.75) is 19.9 Å². The lowest BCUT2D eigenvalue weighted by Gasteiger charge is -2.07. The molecule has 0 unspecified atom stereocenters. The molecule has 1 saturated carbocycles. The molecule has 2 atom stereocenters. The molecule has 0 saturated heterocycles. The number of carbonyl (C=O) groups excluding carboxylic acids is 2. The molecule has 2 aromatic rings. The number of hydrogen-bond acceptors (Lipinski definition) is 3. The van der Waals surface area contributed by atoms with E-state index in [9.17, 15) is 9.59 Å². The maximum Gasteiger partial charge on any atom is 0.291 e. The number of amides is 2. The van der Waals surface area contributed by atoms with Crippen LogP contribution in [0, 0.1) is 11.8 Å². The number of rotatable bonds is 5. The van der Waals surface area contributed by atoms with Crippen molar-refractivity contribution < 1.29 is 14.0 Å². The third kappa shape index (κ3) is 3.36. The Morgan fingerprint density at radius 3 is 2.55 bits per heavy atom. The second kappa shape index (κ2) is 6.05. The van der Waals surface area contributed by atoms with Gasteiger partial charge in [0.2, 0.25) is 5.91 Å². The molecule has 5 nitrogen and oxygen atoms in total. The summed E-state index contributed by atoms with van der Waals surface area (Å²) in [4.78, 5) is 23.6. The van der Waals surface area contributed by atoms with E-state index in [1.165, 1.54) is 6.26 Å². The Balaban J connectivity index is 1.51. The van der Waals surface area contributed by atoms with Crippen LogP contribution in [0.1, 0.15) is 29.5 Å². The first-order chi connectivity index (χ1) is 10.6. The fraction of sp³-hybridized carbons (Fsp3) is 0.294. The van der Waals surface area contributed by atoms with Gasteiger partial charge < -0.3 is 15.1 Å². The molecule has 3 rings (SSSR count). The smallest absolute Gasteiger partial charge is 0.291 e. The first kappa shape index (κ1) is 14.4. The highest BCUT2D eigenvalue weighted by atomic mass is 16.3. The SMILES string of the molecule is C[C@@H]1C[C@H]1C(=O)NCc1ccc(NC(=O)c2ccco2)cc1. The fourth-order valence-corrected chi connectivity index (χ4v) is 2.31. The van der Waals surface area contributed by atoms with Crippen molar-refractivity contribution in [3.8, 4) is 0 Å². The molecule has 1 fully saturated rings. The van der Waals surface area contributed by atoms with E-state index in [-0.39, 0.29) is 23.5 Å². The Bertz CT molecular complexity index is 662. The zero-order valence-corrected chi connectivity index (χ0v) is 12.3. The Labute approximate surface area is 128 Å². The monoisotopic (exact) mass is 298 g/mol. The van der Waals surface area contributed by atoms with Gasteiger partial charge in [-0.15, -0.1) is 0 Å². The highest BCUT2D eigenvalue weighted by Gasteiger charge is 2.38. The van der Waals surface area contributed by atoms with Crippen LogP contribution in [0.15, 0.2) is 47.1 Å². The van der Waals surface area contributed by atoms with E-state index in [0.717, 1.165) is 12.0 Å². The first-order valence-corrected chi connectivity index (χ1v) is 7.35. The van der Waals surface area contributed by atoms with Gasteiger partial charge in [0.15, 0.2) is 5.76 Å². The van der Waals surface area contributed by atoms with Crippen molar-refractivity contribution in [2.75, 3.05) is 5.32 Å². The van der Waals surface area contributed by atoms with Gasteiger partial charge in [-0.2, -0.15) is 0 Å². The van der Waals surface area contributed by atoms with Gasteiger partial charge in [-0.25, -0.2) is 0 Å². The fourth-order valence-electron chi connectivity index (χ4n) is 2.31. The van der Waals surface area contributed by atoms with Crippen molar-refractivity contribution in [3.63, 3.8) is 0 Å². The van der Waals surface area contributed by atoms with Crippen LogP contribution in [-0.2, 0) is 11.3 Å². The van der Waals surface area contributed by atoms with Gasteiger partial charge in [0.25, 0.3) is 5.91 Å². The molecule has 2 amide bonds. The van der Waals surface area contributed by atoms with Crippen molar-refractivity contribution in [1.29, 1.82) is 0 Å². The summed E-state index contributed by atoms with van der Waals surface area (Å²) in [6.45, 7) is 2.59. The molecule has 0 radical (unpaired) electrons. The maximum atomic E-state index is 11.8. The molecule has 1 aliphatic rings. The van der Waals surface area contributed by atoms with Gasteiger partial charge in [-0.05, 0) is 42.2 Å². The standard InChI is InChI=1S/C17H18N2O3/c1-11-9-14(11)16(20)18-10-12-4-6-13(7-5-12)19-17(21)15-3-2-8-22-15/h2-8,11,14H,9-10H2,1H3,(H,18,20)(H,19,21)/t11-,14-/m1/s1. The Morgan fingerprint density at radius 2 is 1.95 bits per heavy atom. The van der Waals surface area contributed by atoms with Gasteiger partial charge in [-0.3, -0.25) is 9.59 Å². The predicted molar refractivity (Wildman–Crippen MR) is 82.2 cm³/mol. The van der Waals surface area contributed by atoms with Gasteiger partial charge in [0.05, 0.1) is 6.26 Å². The maximum absolute atomic E-state index is 11.8. The van der Waals surface area contributed by atoms with Crippen molar-refractivity contribution in [3.05, 3.63) is 54.0 Å². The van der Waals surface area contributed by atoms with Gasteiger partial charge in [-0.1, -0.05) is 19.1 Å². The lowest BCUT2D eigenvalue weighted by Crippen LogP contribution is -2.24. The Kier molecular flexibility index (Phi) is 3.96. The van der Waals surface area contributed by atoms with E-state index in [0.29, 0.717) is 18.2 Å². The highest BCUT2D eigenvalue weighted by molar-refractivity contribution is 6.02. The lowest BCUT2D eigenvalue weighted by molar-refractivity contribution is -0.122. The summed E-state index contributed by atoms with van der Waals surface area (Å²) in [5, 5.41) is 5.68. The summed E-state index contributed by atoms with van der Waals surface area (Å²) in [5.41, 5.74) is 1.69. The number of nitrogens with one attached hydrogen (secondary N) is 2. The summed E-state index contributed by atoms with van der Waals surface area (Å²) < 4.78 is 5.03. The summed E-state index contributed by atoms with van der Waals surface area (Å²) in [7, 11) is 0. The van der Waals surface area contributed by atoms with Crippen LogP contribution in [0.4, 0.5) is 5.69 Å². The number of benzene rings is 1. The van der Waals surface area contributed by atoms with Crippen molar-refractivity contribution in [2.24, 2.45) is 11.8 Å². The van der Waals surface area contributed by atoms with E-state index < -0.39 is 0 Å². The van der Waals surface area contributed by atoms with Gasteiger partial charge in [0.1, 0.15) is 0 Å². The molecule has 2 N–H and O–H groups in total. The molecule has 22 heavy (non-hydrogen) atoms. The Morgan fingerprint density at radius 1 is 1.23 bits per heavy atom. The van der Waals surface area contributed by atoms with Gasteiger partial charge >= 0.3 is 0 Å². The molecular formula is C17H18N2O3. The van der Waals surface area contributed by atoms with Crippen LogP contribution >= 0.6 is 0 Å². The highest BCUT2D eigenvalue weighted by Crippen LogP contribution is 2.37. The van der Waals surface area contributed by atoms with Crippen LogP contribution in [0.3, 0.4) is 0 Å². The van der Waals surface area contributed by atoms with Crippen LogP contribution in [0.25, 0.3) is 0 Å². The first-order valence-electron chi connectivity index (χ1n) is 7.35. The largest absolute Gasteiger partial charge is 0.459 e. The zero-order valence-electron chi connectivity index (χ0n) is 12.3. The molecule has 1 aromatic carbocycles. The quantitative estimate of drug-likeness (QED) is 0.891. The topological polar surface area (TPSA) is 71.3 Å². The molecule has 0 bridgehead atoms. The third-order valence-corrected chi connectivity index (χ3v) is 3.87. The molecule has 1 aromatic heterocycles. The van der Waals surface area contributed by atoms with E-state index in [4.69, 9.17) is 4.42 Å². The molecular weight excluding hydrogens is 280 g/mol. The summed E-state index contributed by atoms with van der Waals surface area (Å²) in [6, 6.07) is 10.7. The van der Waals surface area contributed by atoms with Crippen LogP contribution < -0.4 is 10.6 Å². The average Bonchev–Trinajstić information content (AvgIpc) is 3.03. The normalized spacial score (nSPS) is 19.5. The van der Waals surface area contributed by atoms with Crippen LogP contribution in [0.5, 0.6) is 0 Å². The van der Waals surface area contributed by atoms with Gasteiger partial charge in [0, 0.05) is 18.2 Å². The van der Waals surface area contributed by atoms with Crippen LogP contribution in [0.2, 0.25) is 0 Å². The Hall–Kier alpha value is -2.56. The molecule has 114 valence electrons. The van der Waals surface area contributed by atoms with Crippen LogP contribution in [-0.4, -0.2) is 11.8 Å². The number of hydrogen-bond donors (Lipinski definition) is 2. The van der Waals surface area contributed by atoms with E-state index >= 15 is 0 Å². The average molecular weight is 298 g/mol. The number of carbonyl (C=O) groups is 2. The minimum absolute atomic E-state index is 0.127. The zero-order chi connectivity index (χ0) is 15.5. The summed E-state index contributed by atoms with van der Waals surface area (Å²) in [6.07, 6.45) is 2.45. The lowest BCUT2D eigenvalue weighted by atomic mass is 10.2. The van der Waals surface area contributed by atoms with E-state index in [2.05, 4.69) is 17.6 Å². The van der Waals surface area contributed by atoms with E-state index in [1.807, 2.05) is 24.3 Å². The molecule has 0 spiro atoms. The second-order valence-corrected chi connectivity index (χ2v) is 5.67. The summed E-state index contributed by atoms with van der Waals surface area (Å²) in [5.74, 6) is 0.817. The molecule has 5 heteroatoms.